The summed E-state index contributed by atoms with van der Waals surface area (Å²) in [6.45, 7) is 3.95. The fourth-order valence-corrected chi connectivity index (χ4v) is 1.93. The summed E-state index contributed by atoms with van der Waals surface area (Å²) in [6.07, 6.45) is 0. The van der Waals surface area contributed by atoms with E-state index in [2.05, 4.69) is 27.6 Å². The molecule has 0 spiro atoms. The summed E-state index contributed by atoms with van der Waals surface area (Å²) in [5.41, 5.74) is 2.44. The van der Waals surface area contributed by atoms with E-state index in [1.807, 2.05) is 13.0 Å². The molecule has 0 saturated carbocycles. The lowest BCUT2D eigenvalue weighted by Gasteiger charge is -2.37. The van der Waals surface area contributed by atoms with Crippen LogP contribution in [0.15, 0.2) is 12.1 Å². The number of amides is 1. The van der Waals surface area contributed by atoms with E-state index in [1.165, 1.54) is 0 Å². The maximum atomic E-state index is 11.5. The summed E-state index contributed by atoms with van der Waals surface area (Å²) in [7, 11) is 3.68. The third-order valence-corrected chi connectivity index (χ3v) is 3.21. The lowest BCUT2D eigenvalue weighted by atomic mass is 10.1. The van der Waals surface area contributed by atoms with Crippen LogP contribution in [0.4, 0.5) is 5.69 Å². The highest BCUT2D eigenvalue weighted by atomic mass is 16.1. The number of aryl methyl sites for hydroxylation is 1. The Hall–Kier alpha value is -1.62. The zero-order valence-electron chi connectivity index (χ0n) is 10.4. The van der Waals surface area contributed by atoms with E-state index in [1.54, 1.807) is 13.1 Å². The molecule has 1 aliphatic rings. The molecule has 0 atom stereocenters. The third-order valence-electron chi connectivity index (χ3n) is 3.21. The molecule has 1 saturated heterocycles. The Bertz CT molecular complexity index is 429. The number of carbonyl (C=O) groups excluding carboxylic acids is 1. The standard InChI is InChI=1S/C12H18N4O/c1-8-11(16(3)9-6-14-7-9)5-4-10(15-8)12(17)13-2/h4-5,9,14H,6-7H2,1-3H3,(H,13,17). The molecule has 0 bridgehead atoms. The number of nitrogens with one attached hydrogen (secondary N) is 2. The van der Waals surface area contributed by atoms with Gasteiger partial charge in [-0.05, 0) is 19.1 Å². The minimum atomic E-state index is -0.146. The highest BCUT2D eigenvalue weighted by molar-refractivity contribution is 5.92. The second-order valence-corrected chi connectivity index (χ2v) is 4.30. The van der Waals surface area contributed by atoms with Crippen LogP contribution in [0.5, 0.6) is 0 Å². The zero-order valence-corrected chi connectivity index (χ0v) is 10.4. The van der Waals surface area contributed by atoms with Crippen molar-refractivity contribution < 1.29 is 4.79 Å². The SMILES string of the molecule is CNC(=O)c1ccc(N(C)C2CNC2)c(C)n1. The lowest BCUT2D eigenvalue weighted by Crippen LogP contribution is -2.56. The first-order chi connectivity index (χ1) is 8.13. The Morgan fingerprint density at radius 3 is 2.71 bits per heavy atom. The molecule has 0 radical (unpaired) electrons. The molecule has 1 aromatic heterocycles. The number of aromatic nitrogens is 1. The van der Waals surface area contributed by atoms with Crippen molar-refractivity contribution in [1.82, 2.24) is 15.6 Å². The topological polar surface area (TPSA) is 57.3 Å². The van der Waals surface area contributed by atoms with Crippen molar-refractivity contribution >= 4 is 11.6 Å². The summed E-state index contributed by atoms with van der Waals surface area (Å²) in [4.78, 5) is 18.0. The second-order valence-electron chi connectivity index (χ2n) is 4.30. The van der Waals surface area contributed by atoms with Gasteiger partial charge in [0.1, 0.15) is 5.69 Å². The molecule has 0 unspecified atom stereocenters. The van der Waals surface area contributed by atoms with Gasteiger partial charge in [-0.3, -0.25) is 4.79 Å². The van der Waals surface area contributed by atoms with Crippen LogP contribution in [-0.4, -0.2) is 44.1 Å². The zero-order chi connectivity index (χ0) is 12.4. The number of anilines is 1. The van der Waals surface area contributed by atoms with E-state index >= 15 is 0 Å². The summed E-state index contributed by atoms with van der Waals surface area (Å²) in [6, 6.07) is 4.26. The first-order valence-electron chi connectivity index (χ1n) is 5.76. The lowest BCUT2D eigenvalue weighted by molar-refractivity contribution is 0.0958. The van der Waals surface area contributed by atoms with Crippen LogP contribution in [0, 0.1) is 6.92 Å². The normalized spacial score (nSPS) is 15.2. The minimum absolute atomic E-state index is 0.146. The summed E-state index contributed by atoms with van der Waals surface area (Å²) in [5.74, 6) is -0.146. The van der Waals surface area contributed by atoms with Gasteiger partial charge >= 0.3 is 0 Å². The minimum Gasteiger partial charge on any atom is -0.368 e. The highest BCUT2D eigenvalue weighted by Crippen LogP contribution is 2.20. The number of carbonyl (C=O) groups is 1. The Morgan fingerprint density at radius 2 is 2.24 bits per heavy atom. The molecule has 2 N–H and O–H groups in total. The average Bonchev–Trinajstić information content (AvgIpc) is 2.25. The van der Waals surface area contributed by atoms with Crippen LogP contribution in [0.2, 0.25) is 0 Å². The van der Waals surface area contributed by atoms with Crippen molar-refractivity contribution in [1.29, 1.82) is 0 Å². The molecule has 0 aromatic carbocycles. The molecule has 5 heteroatoms. The molecule has 92 valence electrons. The van der Waals surface area contributed by atoms with Gasteiger partial charge in [0.05, 0.1) is 17.4 Å². The Kier molecular flexibility index (Phi) is 3.28. The maximum absolute atomic E-state index is 11.5. The Balaban J connectivity index is 2.21. The average molecular weight is 234 g/mol. The van der Waals surface area contributed by atoms with Crippen LogP contribution < -0.4 is 15.5 Å². The van der Waals surface area contributed by atoms with Crippen molar-refractivity contribution in [3.05, 3.63) is 23.5 Å². The summed E-state index contributed by atoms with van der Waals surface area (Å²) < 4.78 is 0. The van der Waals surface area contributed by atoms with Gasteiger partial charge in [0.15, 0.2) is 0 Å². The van der Waals surface area contributed by atoms with Crippen molar-refractivity contribution in [3.63, 3.8) is 0 Å². The van der Waals surface area contributed by atoms with Gasteiger partial charge in [0.25, 0.3) is 5.91 Å². The van der Waals surface area contributed by atoms with Crippen molar-refractivity contribution in [2.45, 2.75) is 13.0 Å². The molecule has 17 heavy (non-hydrogen) atoms. The first kappa shape index (κ1) is 11.9. The summed E-state index contributed by atoms with van der Waals surface area (Å²) >= 11 is 0. The number of hydrogen-bond donors (Lipinski definition) is 2. The third kappa shape index (κ3) is 2.24. The smallest absolute Gasteiger partial charge is 0.269 e. The summed E-state index contributed by atoms with van der Waals surface area (Å²) in [5, 5.41) is 5.82. The van der Waals surface area contributed by atoms with Gasteiger partial charge in [0.2, 0.25) is 0 Å². The van der Waals surface area contributed by atoms with E-state index in [9.17, 15) is 4.79 Å². The van der Waals surface area contributed by atoms with E-state index in [0.717, 1.165) is 24.5 Å². The van der Waals surface area contributed by atoms with E-state index in [0.29, 0.717) is 11.7 Å². The van der Waals surface area contributed by atoms with Crippen LogP contribution in [0.3, 0.4) is 0 Å². The number of likely N-dealkylation sites (N-methyl/N-ethyl adjacent to an activating group) is 1. The van der Waals surface area contributed by atoms with Gasteiger partial charge in [0, 0.05) is 27.2 Å². The first-order valence-corrected chi connectivity index (χ1v) is 5.76. The fourth-order valence-electron chi connectivity index (χ4n) is 1.93. The molecule has 1 aliphatic heterocycles. The molecule has 5 nitrogen and oxygen atoms in total. The van der Waals surface area contributed by atoms with Gasteiger partial charge in [-0.1, -0.05) is 0 Å². The van der Waals surface area contributed by atoms with E-state index in [-0.39, 0.29) is 5.91 Å². The van der Waals surface area contributed by atoms with Gasteiger partial charge in [-0.2, -0.15) is 0 Å². The quantitative estimate of drug-likeness (QED) is 0.782. The van der Waals surface area contributed by atoms with Crippen LogP contribution >= 0.6 is 0 Å². The van der Waals surface area contributed by atoms with Crippen LogP contribution in [0.25, 0.3) is 0 Å². The molecule has 1 fully saturated rings. The number of pyridine rings is 1. The van der Waals surface area contributed by atoms with Crippen LogP contribution in [0.1, 0.15) is 16.2 Å². The Morgan fingerprint density at radius 1 is 1.53 bits per heavy atom. The largest absolute Gasteiger partial charge is 0.368 e. The number of nitrogens with zero attached hydrogens (tertiary/aromatic N) is 2. The monoisotopic (exact) mass is 234 g/mol. The molecule has 1 amide bonds. The van der Waals surface area contributed by atoms with Crippen molar-refractivity contribution in [2.24, 2.45) is 0 Å². The number of rotatable bonds is 3. The molecule has 0 aliphatic carbocycles. The molecular formula is C12H18N4O. The van der Waals surface area contributed by atoms with Gasteiger partial charge < -0.3 is 15.5 Å². The predicted octanol–water partition coefficient (Wildman–Crippen LogP) is 0.158. The maximum Gasteiger partial charge on any atom is 0.269 e. The molecule has 2 heterocycles. The molecule has 2 rings (SSSR count). The van der Waals surface area contributed by atoms with Gasteiger partial charge in [-0.25, -0.2) is 4.98 Å². The van der Waals surface area contributed by atoms with Crippen molar-refractivity contribution in [3.8, 4) is 0 Å². The molecular weight excluding hydrogens is 216 g/mol. The fraction of sp³-hybridized carbons (Fsp3) is 0.500. The predicted molar refractivity (Wildman–Crippen MR) is 67.4 cm³/mol. The second kappa shape index (κ2) is 4.71. The Labute approximate surface area is 101 Å². The van der Waals surface area contributed by atoms with Gasteiger partial charge in [-0.15, -0.1) is 0 Å². The van der Waals surface area contributed by atoms with Crippen molar-refractivity contribution in [2.75, 3.05) is 32.1 Å². The van der Waals surface area contributed by atoms with E-state index < -0.39 is 0 Å². The molecule has 1 aromatic rings. The van der Waals surface area contributed by atoms with E-state index in [4.69, 9.17) is 0 Å². The highest BCUT2D eigenvalue weighted by Gasteiger charge is 2.23. The van der Waals surface area contributed by atoms with Crippen LogP contribution in [-0.2, 0) is 0 Å². The number of hydrogen-bond acceptors (Lipinski definition) is 4.